The minimum Gasteiger partial charge on any atom is -0.497 e. The average molecular weight is 392 g/mol. The molecule has 26 heavy (non-hydrogen) atoms. The molecule has 0 amide bonds. The number of rotatable bonds is 3. The van der Waals surface area contributed by atoms with Crippen LogP contribution in [0.5, 0.6) is 11.5 Å². The Kier molecular flexibility index (Phi) is 4.94. The van der Waals surface area contributed by atoms with Crippen LogP contribution >= 0.6 is 23.2 Å². The van der Waals surface area contributed by atoms with Gasteiger partial charge < -0.3 is 9.47 Å². The zero-order valence-corrected chi connectivity index (χ0v) is 15.8. The molecular weight excluding hydrogens is 377 g/mol. The summed E-state index contributed by atoms with van der Waals surface area (Å²) in [7, 11) is 1.54. The molecule has 3 rings (SSSR count). The van der Waals surface area contributed by atoms with Gasteiger partial charge >= 0.3 is 5.97 Å². The number of esters is 1. The highest BCUT2D eigenvalue weighted by Crippen LogP contribution is 2.37. The van der Waals surface area contributed by atoms with Crippen LogP contribution in [0.15, 0.2) is 36.4 Å². The summed E-state index contributed by atoms with van der Waals surface area (Å²) in [6.07, 6.45) is 0. The summed E-state index contributed by atoms with van der Waals surface area (Å²) >= 11 is 12.2. The first-order chi connectivity index (χ1) is 12.3. The molecule has 1 aromatic heterocycles. The molecule has 3 aromatic rings. The van der Waals surface area contributed by atoms with Crippen LogP contribution in [0.25, 0.3) is 10.9 Å². The van der Waals surface area contributed by atoms with Crippen molar-refractivity contribution in [3.05, 3.63) is 57.7 Å². The fourth-order valence-corrected chi connectivity index (χ4v) is 3.20. The lowest BCUT2D eigenvalue weighted by molar-refractivity contribution is -0.131. The van der Waals surface area contributed by atoms with E-state index in [1.807, 2.05) is 0 Å². The summed E-state index contributed by atoms with van der Waals surface area (Å²) in [5.74, 6) is 0.0287. The molecule has 0 aliphatic heterocycles. The van der Waals surface area contributed by atoms with Crippen molar-refractivity contribution in [3.63, 3.8) is 0 Å². The second kappa shape index (κ2) is 7.02. The molecule has 0 N–H and O–H groups in total. The largest absolute Gasteiger partial charge is 0.497 e. The molecule has 0 aliphatic rings. The highest BCUT2D eigenvalue weighted by atomic mass is 35.5. The third-order valence-electron chi connectivity index (χ3n) is 3.98. The third kappa shape index (κ3) is 3.04. The lowest BCUT2D eigenvalue weighted by atomic mass is 10.2. The van der Waals surface area contributed by atoms with Crippen molar-refractivity contribution in [2.24, 2.45) is 0 Å². The Hall–Kier alpha value is -2.50. The lowest BCUT2D eigenvalue weighted by Gasteiger charge is -2.09. The van der Waals surface area contributed by atoms with E-state index in [1.54, 1.807) is 43.3 Å². The summed E-state index contributed by atoms with van der Waals surface area (Å²) in [4.78, 5) is 24.7. The number of ether oxygens (including phenoxy) is 2. The van der Waals surface area contributed by atoms with E-state index < -0.39 is 5.97 Å². The molecule has 0 saturated carbocycles. The van der Waals surface area contributed by atoms with Crippen LogP contribution in [0.2, 0.25) is 10.0 Å². The van der Waals surface area contributed by atoms with Crippen LogP contribution in [0.4, 0.5) is 0 Å². The Bertz CT molecular complexity index is 1040. The van der Waals surface area contributed by atoms with E-state index in [0.717, 1.165) is 0 Å². The molecule has 134 valence electrons. The zero-order valence-electron chi connectivity index (χ0n) is 14.3. The van der Waals surface area contributed by atoms with Gasteiger partial charge in [0.25, 0.3) is 5.91 Å². The van der Waals surface area contributed by atoms with E-state index >= 15 is 0 Å². The number of carbonyl (C=O) groups excluding carboxylic acids is 2. The molecule has 0 bridgehead atoms. The fourth-order valence-electron chi connectivity index (χ4n) is 2.82. The second-order valence-corrected chi connectivity index (χ2v) is 6.42. The van der Waals surface area contributed by atoms with Gasteiger partial charge in [-0.3, -0.25) is 14.2 Å². The molecule has 0 fully saturated rings. The van der Waals surface area contributed by atoms with Gasteiger partial charge in [0.2, 0.25) is 0 Å². The van der Waals surface area contributed by atoms with Crippen LogP contribution in [0.1, 0.15) is 23.0 Å². The molecule has 0 unspecified atom stereocenters. The summed E-state index contributed by atoms with van der Waals surface area (Å²) in [5.41, 5.74) is 1.30. The lowest BCUT2D eigenvalue weighted by Crippen LogP contribution is -2.14. The number of benzene rings is 2. The Morgan fingerprint density at radius 1 is 1.12 bits per heavy atom. The van der Waals surface area contributed by atoms with Crippen molar-refractivity contribution in [2.45, 2.75) is 13.8 Å². The normalized spacial score (nSPS) is 10.8. The van der Waals surface area contributed by atoms with Gasteiger partial charge in [-0.05, 0) is 37.3 Å². The number of nitrogens with zero attached hydrogens (tertiary/aromatic N) is 1. The van der Waals surface area contributed by atoms with Crippen LogP contribution in [0.3, 0.4) is 0 Å². The summed E-state index contributed by atoms with van der Waals surface area (Å²) in [6.45, 7) is 3.00. The summed E-state index contributed by atoms with van der Waals surface area (Å²) in [5, 5.41) is 1.04. The fraction of sp³-hybridized carbons (Fsp3) is 0.158. The first-order valence-corrected chi connectivity index (χ1v) is 8.47. The summed E-state index contributed by atoms with van der Waals surface area (Å²) in [6, 6.07) is 10.0. The number of fused-ring (bicyclic) bond motifs is 1. The number of halogens is 2. The number of carbonyl (C=O) groups is 2. The smallest absolute Gasteiger partial charge is 0.308 e. The minimum atomic E-state index is -0.483. The van der Waals surface area contributed by atoms with E-state index in [1.165, 1.54) is 18.6 Å². The zero-order chi connectivity index (χ0) is 19.0. The molecular formula is C19H15Cl2NO4. The predicted molar refractivity (Wildman–Crippen MR) is 101 cm³/mol. The average Bonchev–Trinajstić information content (AvgIpc) is 2.87. The quantitative estimate of drug-likeness (QED) is 0.597. The molecule has 0 saturated heterocycles. The van der Waals surface area contributed by atoms with E-state index in [2.05, 4.69) is 0 Å². The molecule has 7 heteroatoms. The van der Waals surface area contributed by atoms with Crippen molar-refractivity contribution in [2.75, 3.05) is 7.11 Å². The van der Waals surface area contributed by atoms with Gasteiger partial charge in [0.05, 0.1) is 33.9 Å². The predicted octanol–water partition coefficient (Wildman–Crippen LogP) is 4.88. The van der Waals surface area contributed by atoms with Gasteiger partial charge in [-0.15, -0.1) is 0 Å². The Morgan fingerprint density at radius 2 is 1.85 bits per heavy atom. The van der Waals surface area contributed by atoms with Crippen LogP contribution in [-0.4, -0.2) is 23.6 Å². The van der Waals surface area contributed by atoms with Crippen molar-refractivity contribution in [1.29, 1.82) is 0 Å². The molecule has 0 aliphatic carbocycles. The highest BCUT2D eigenvalue weighted by Gasteiger charge is 2.24. The number of hydrogen-bond acceptors (Lipinski definition) is 4. The molecule has 0 spiro atoms. The van der Waals surface area contributed by atoms with Crippen molar-refractivity contribution < 1.29 is 19.1 Å². The summed E-state index contributed by atoms with van der Waals surface area (Å²) < 4.78 is 12.0. The van der Waals surface area contributed by atoms with Gasteiger partial charge in [0.15, 0.2) is 5.75 Å². The third-order valence-corrected chi connectivity index (χ3v) is 4.80. The first-order valence-electron chi connectivity index (χ1n) is 7.71. The van der Waals surface area contributed by atoms with Crippen LogP contribution in [0, 0.1) is 6.92 Å². The number of aromatic nitrogens is 1. The Labute approximate surface area is 160 Å². The highest BCUT2D eigenvalue weighted by molar-refractivity contribution is 6.44. The van der Waals surface area contributed by atoms with Crippen molar-refractivity contribution in [3.8, 4) is 11.5 Å². The van der Waals surface area contributed by atoms with E-state index in [4.69, 9.17) is 32.7 Å². The number of hydrogen-bond donors (Lipinski definition) is 0. The second-order valence-electron chi connectivity index (χ2n) is 5.63. The van der Waals surface area contributed by atoms with Crippen LogP contribution in [-0.2, 0) is 4.79 Å². The molecule has 2 aromatic carbocycles. The van der Waals surface area contributed by atoms with E-state index in [0.29, 0.717) is 28.1 Å². The van der Waals surface area contributed by atoms with E-state index in [-0.39, 0.29) is 21.5 Å². The monoisotopic (exact) mass is 391 g/mol. The van der Waals surface area contributed by atoms with Crippen LogP contribution < -0.4 is 9.47 Å². The molecule has 5 nitrogen and oxygen atoms in total. The van der Waals surface area contributed by atoms with E-state index in [9.17, 15) is 9.59 Å². The molecule has 1 heterocycles. The Morgan fingerprint density at radius 3 is 2.50 bits per heavy atom. The standard InChI is InChI=1S/C19H15Cl2NO4/c1-10-18(26-11(2)23)14-9-12(25-3)7-8-16(14)22(10)19(24)13-5-4-6-15(20)17(13)21/h4-9H,1-3H3. The van der Waals surface area contributed by atoms with Gasteiger partial charge in [-0.2, -0.15) is 0 Å². The SMILES string of the molecule is COc1ccc2c(c1)c(OC(C)=O)c(C)n2C(=O)c1cccc(Cl)c1Cl. The molecule has 0 atom stereocenters. The van der Waals surface area contributed by atoms with Crippen molar-refractivity contribution in [1.82, 2.24) is 4.57 Å². The number of methoxy groups -OCH3 is 1. The molecule has 0 radical (unpaired) electrons. The van der Waals surface area contributed by atoms with Gasteiger partial charge in [0, 0.05) is 12.3 Å². The maximum absolute atomic E-state index is 13.2. The topological polar surface area (TPSA) is 57.5 Å². The minimum absolute atomic E-state index is 0.169. The maximum atomic E-state index is 13.2. The first kappa shape index (κ1) is 18.3. The van der Waals surface area contributed by atoms with Gasteiger partial charge in [-0.1, -0.05) is 29.3 Å². The Balaban J connectivity index is 2.28. The van der Waals surface area contributed by atoms with Gasteiger partial charge in [0.1, 0.15) is 5.75 Å². The van der Waals surface area contributed by atoms with Gasteiger partial charge in [-0.25, -0.2) is 0 Å². The van der Waals surface area contributed by atoms with Crippen molar-refractivity contribution >= 4 is 46.0 Å². The maximum Gasteiger partial charge on any atom is 0.308 e.